The lowest BCUT2D eigenvalue weighted by molar-refractivity contribution is -0.142. The van der Waals surface area contributed by atoms with Crippen LogP contribution in [-0.2, 0) is 16.1 Å². The quantitative estimate of drug-likeness (QED) is 0.612. The molecule has 148 valence electrons. The highest BCUT2D eigenvalue weighted by atomic mass is 16.5. The van der Waals surface area contributed by atoms with Crippen molar-refractivity contribution in [3.63, 3.8) is 0 Å². The average Bonchev–Trinajstić information content (AvgIpc) is 3.33. The van der Waals surface area contributed by atoms with Crippen LogP contribution in [0.15, 0.2) is 18.6 Å². The van der Waals surface area contributed by atoms with E-state index in [9.17, 15) is 9.90 Å². The zero-order chi connectivity index (χ0) is 19.5. The molecule has 0 radical (unpaired) electrons. The highest BCUT2D eigenvalue weighted by Crippen LogP contribution is 2.26. The molecular weight excluding hydrogens is 364 g/mol. The van der Waals surface area contributed by atoms with Crippen LogP contribution in [0.4, 0.5) is 5.95 Å². The Balaban J connectivity index is 1.54. The predicted octanol–water partition coefficient (Wildman–Crippen LogP) is 1.11. The van der Waals surface area contributed by atoms with Crippen LogP contribution in [0.2, 0.25) is 0 Å². The first-order valence-corrected chi connectivity index (χ1v) is 9.23. The van der Waals surface area contributed by atoms with E-state index in [1.54, 1.807) is 28.9 Å². The molecule has 4 rings (SSSR count). The van der Waals surface area contributed by atoms with Crippen LogP contribution in [-0.4, -0.2) is 65.6 Å². The molecule has 11 nitrogen and oxygen atoms in total. The van der Waals surface area contributed by atoms with E-state index in [-0.39, 0.29) is 12.0 Å². The van der Waals surface area contributed by atoms with Crippen molar-refractivity contribution in [2.75, 3.05) is 19.0 Å². The van der Waals surface area contributed by atoms with E-state index in [1.807, 2.05) is 6.20 Å². The summed E-state index contributed by atoms with van der Waals surface area (Å²) in [6.07, 6.45) is 8.21. The van der Waals surface area contributed by atoms with Gasteiger partial charge in [-0.1, -0.05) is 11.6 Å². The second kappa shape index (κ2) is 7.89. The Morgan fingerprint density at radius 2 is 2.29 bits per heavy atom. The summed E-state index contributed by atoms with van der Waals surface area (Å²) in [6, 6.07) is 0.0356. The van der Waals surface area contributed by atoms with Gasteiger partial charge in [-0.2, -0.15) is 14.8 Å². The minimum atomic E-state index is -0.740. The molecule has 3 heterocycles. The van der Waals surface area contributed by atoms with E-state index in [0.29, 0.717) is 36.7 Å². The summed E-state index contributed by atoms with van der Waals surface area (Å²) >= 11 is 0. The van der Waals surface area contributed by atoms with Gasteiger partial charge in [-0.15, -0.1) is 5.10 Å². The molecule has 0 unspecified atom stereocenters. The van der Waals surface area contributed by atoms with Gasteiger partial charge in [0.05, 0.1) is 37.7 Å². The molecule has 0 bridgehead atoms. The molecule has 0 aromatic carbocycles. The summed E-state index contributed by atoms with van der Waals surface area (Å²) in [5.41, 5.74) is 1.88. The molecule has 1 fully saturated rings. The number of carboxylic acid groups (broad SMARTS) is 1. The average molecular weight is 386 g/mol. The smallest absolute Gasteiger partial charge is 0.306 e. The number of fused-ring (bicyclic) bond motifs is 1. The Kier molecular flexibility index (Phi) is 5.15. The third kappa shape index (κ3) is 3.79. The molecule has 0 aliphatic heterocycles. The highest BCUT2D eigenvalue weighted by Gasteiger charge is 2.27. The maximum Gasteiger partial charge on any atom is 0.306 e. The normalized spacial score (nSPS) is 19.8. The van der Waals surface area contributed by atoms with Crippen LogP contribution in [0.1, 0.15) is 25.7 Å². The first-order valence-electron chi connectivity index (χ1n) is 9.23. The van der Waals surface area contributed by atoms with Gasteiger partial charge in [0.2, 0.25) is 5.95 Å². The molecule has 1 aliphatic rings. The maximum absolute atomic E-state index is 11.3. The summed E-state index contributed by atoms with van der Waals surface area (Å²) < 4.78 is 8.44. The van der Waals surface area contributed by atoms with Crippen LogP contribution >= 0.6 is 0 Å². The molecular formula is C17H22N8O3. The fourth-order valence-electron chi connectivity index (χ4n) is 3.47. The molecule has 3 aromatic rings. The van der Waals surface area contributed by atoms with E-state index < -0.39 is 5.97 Å². The van der Waals surface area contributed by atoms with Gasteiger partial charge in [0.25, 0.3) is 0 Å². The number of aromatic nitrogens is 7. The lowest BCUT2D eigenvalue weighted by Gasteiger charge is -2.27. The molecule has 1 saturated carbocycles. The van der Waals surface area contributed by atoms with Crippen molar-refractivity contribution in [3.05, 3.63) is 18.6 Å². The first kappa shape index (κ1) is 18.3. The summed E-state index contributed by atoms with van der Waals surface area (Å²) in [5, 5.41) is 25.1. The standard InChI is InChI=1S/C17H22N8O3/c1-28-6-5-24-10-13(8-19-24)25-15-14(22-23-25)9-18-17(21-15)20-12-4-2-3-11(7-12)16(26)27/h8-12H,2-7H2,1H3,(H,26,27)(H,18,20,21)/t11-,12-/m0/s1. The second-order valence-electron chi connectivity index (χ2n) is 6.90. The Bertz CT molecular complexity index is 968. The molecule has 1 aliphatic carbocycles. The van der Waals surface area contributed by atoms with Gasteiger partial charge in [-0.05, 0) is 19.3 Å². The highest BCUT2D eigenvalue weighted by molar-refractivity contribution is 5.72. The van der Waals surface area contributed by atoms with Crippen molar-refractivity contribution in [1.82, 2.24) is 34.7 Å². The number of hydrogen-bond acceptors (Lipinski definition) is 8. The largest absolute Gasteiger partial charge is 0.481 e. The molecule has 0 amide bonds. The number of carboxylic acids is 1. The Labute approximate surface area is 160 Å². The van der Waals surface area contributed by atoms with Gasteiger partial charge in [-0.3, -0.25) is 9.48 Å². The maximum atomic E-state index is 11.3. The number of nitrogens with zero attached hydrogens (tertiary/aromatic N) is 7. The Morgan fingerprint density at radius 3 is 3.11 bits per heavy atom. The topological polar surface area (TPSA) is 133 Å². The molecule has 2 atom stereocenters. The number of aliphatic carboxylic acids is 1. The zero-order valence-electron chi connectivity index (χ0n) is 15.5. The number of nitrogens with one attached hydrogen (secondary N) is 1. The first-order chi connectivity index (χ1) is 13.6. The summed E-state index contributed by atoms with van der Waals surface area (Å²) in [7, 11) is 1.64. The van der Waals surface area contributed by atoms with Gasteiger partial charge in [0, 0.05) is 13.2 Å². The minimum Gasteiger partial charge on any atom is -0.481 e. The zero-order valence-corrected chi connectivity index (χ0v) is 15.5. The van der Waals surface area contributed by atoms with E-state index in [2.05, 4.69) is 30.7 Å². The van der Waals surface area contributed by atoms with Crippen molar-refractivity contribution < 1.29 is 14.6 Å². The Hall–Kier alpha value is -3.08. The van der Waals surface area contributed by atoms with Crippen molar-refractivity contribution in [2.24, 2.45) is 5.92 Å². The van der Waals surface area contributed by atoms with E-state index in [4.69, 9.17) is 4.74 Å². The monoisotopic (exact) mass is 386 g/mol. The Morgan fingerprint density at radius 1 is 1.39 bits per heavy atom. The molecule has 2 N–H and O–H groups in total. The summed E-state index contributed by atoms with van der Waals surface area (Å²) in [6.45, 7) is 1.20. The van der Waals surface area contributed by atoms with E-state index in [1.165, 1.54) is 0 Å². The van der Waals surface area contributed by atoms with Crippen LogP contribution < -0.4 is 5.32 Å². The number of rotatable bonds is 7. The molecule has 28 heavy (non-hydrogen) atoms. The number of carbonyl (C=O) groups is 1. The third-order valence-electron chi connectivity index (χ3n) is 4.94. The third-order valence-corrected chi connectivity index (χ3v) is 4.94. The number of ether oxygens (including phenoxy) is 1. The molecule has 0 saturated heterocycles. The fraction of sp³-hybridized carbons (Fsp3) is 0.529. The van der Waals surface area contributed by atoms with Crippen LogP contribution in [0.25, 0.3) is 16.9 Å². The van der Waals surface area contributed by atoms with Gasteiger partial charge >= 0.3 is 5.97 Å². The molecule has 0 spiro atoms. The van der Waals surface area contributed by atoms with Crippen molar-refractivity contribution >= 4 is 23.1 Å². The van der Waals surface area contributed by atoms with E-state index in [0.717, 1.165) is 24.9 Å². The summed E-state index contributed by atoms with van der Waals surface area (Å²) in [5.74, 6) is -0.616. The minimum absolute atomic E-state index is 0.0356. The van der Waals surface area contributed by atoms with Gasteiger partial charge in [0.15, 0.2) is 11.2 Å². The van der Waals surface area contributed by atoms with E-state index >= 15 is 0 Å². The SMILES string of the molecule is COCCn1cc(-n2nnc3cnc(N[C@H]4CCC[C@H](C(=O)O)C4)nc32)cn1. The second-order valence-corrected chi connectivity index (χ2v) is 6.90. The lowest BCUT2D eigenvalue weighted by Crippen LogP contribution is -2.31. The van der Waals surface area contributed by atoms with Crippen molar-refractivity contribution in [1.29, 1.82) is 0 Å². The van der Waals surface area contributed by atoms with Crippen molar-refractivity contribution in [3.8, 4) is 5.69 Å². The number of methoxy groups -OCH3 is 1. The van der Waals surface area contributed by atoms with Crippen LogP contribution in [0.3, 0.4) is 0 Å². The summed E-state index contributed by atoms with van der Waals surface area (Å²) in [4.78, 5) is 20.1. The predicted molar refractivity (Wildman–Crippen MR) is 99.1 cm³/mol. The number of hydrogen-bond donors (Lipinski definition) is 2. The van der Waals surface area contributed by atoms with Crippen LogP contribution in [0, 0.1) is 5.92 Å². The fourth-order valence-corrected chi connectivity index (χ4v) is 3.47. The molecule has 11 heteroatoms. The van der Waals surface area contributed by atoms with Gasteiger partial charge in [-0.25, -0.2) is 4.98 Å². The van der Waals surface area contributed by atoms with Crippen LogP contribution in [0.5, 0.6) is 0 Å². The van der Waals surface area contributed by atoms with Gasteiger partial charge < -0.3 is 15.2 Å². The number of anilines is 1. The lowest BCUT2D eigenvalue weighted by atomic mass is 9.86. The van der Waals surface area contributed by atoms with Crippen molar-refractivity contribution in [2.45, 2.75) is 38.3 Å². The molecule has 3 aromatic heterocycles. The van der Waals surface area contributed by atoms with Gasteiger partial charge in [0.1, 0.15) is 5.69 Å².